The zero-order valence-electron chi connectivity index (χ0n) is 12.6. The van der Waals surface area contributed by atoms with Crippen molar-refractivity contribution in [3.05, 3.63) is 53.6 Å². The fourth-order valence-electron chi connectivity index (χ4n) is 1.97. The monoisotopic (exact) mass is 300 g/mol. The lowest BCUT2D eigenvalue weighted by atomic mass is 10.1. The van der Waals surface area contributed by atoms with Crippen molar-refractivity contribution in [3.63, 3.8) is 0 Å². The lowest BCUT2D eigenvalue weighted by molar-refractivity contribution is 0.0729. The molecule has 114 valence electrons. The Bertz CT molecular complexity index is 706. The molecule has 5 heteroatoms. The van der Waals surface area contributed by atoms with Crippen LogP contribution in [0.3, 0.4) is 0 Å². The Morgan fingerprint density at radius 2 is 1.59 bits per heavy atom. The molecule has 0 aliphatic heterocycles. The van der Waals surface area contributed by atoms with E-state index in [2.05, 4.69) is 0 Å². The molecule has 0 amide bonds. The summed E-state index contributed by atoms with van der Waals surface area (Å²) in [5.74, 6) is 0.286. The number of rotatable bonds is 5. The third kappa shape index (κ3) is 3.25. The van der Waals surface area contributed by atoms with Crippen molar-refractivity contribution in [1.82, 2.24) is 0 Å². The Labute approximate surface area is 128 Å². The molecule has 22 heavy (non-hydrogen) atoms. The van der Waals surface area contributed by atoms with E-state index in [1.807, 2.05) is 0 Å². The molecule has 0 unspecified atom stereocenters. The first kappa shape index (κ1) is 15.6. The number of hydrogen-bond acceptors (Lipinski definition) is 5. The van der Waals surface area contributed by atoms with E-state index in [9.17, 15) is 9.59 Å². The molecule has 0 saturated carbocycles. The summed E-state index contributed by atoms with van der Waals surface area (Å²) < 4.78 is 15.6. The smallest absolute Gasteiger partial charge is 0.347 e. The maximum atomic E-state index is 12.4. The number of Topliss-reactive ketones (excluding diaryl/α,β-unsaturated/α-hetero) is 1. The molecule has 2 rings (SSSR count). The number of para-hydroxylation sites is 1. The molecular weight excluding hydrogens is 284 g/mol. The minimum atomic E-state index is -0.621. The standard InChI is InChI=1S/C17H16O5/c1-11(18)13-6-4-5-7-16(13)22-17(19)14-10-12(20-2)8-9-15(14)21-3/h4-10H,1-3H3. The summed E-state index contributed by atoms with van der Waals surface area (Å²) in [6.45, 7) is 1.42. The van der Waals surface area contributed by atoms with Gasteiger partial charge in [0.25, 0.3) is 0 Å². The molecule has 0 N–H and O–H groups in total. The van der Waals surface area contributed by atoms with Gasteiger partial charge in [0, 0.05) is 0 Å². The van der Waals surface area contributed by atoms with Gasteiger partial charge in [0.15, 0.2) is 5.78 Å². The SMILES string of the molecule is COc1ccc(OC)c(C(=O)Oc2ccccc2C(C)=O)c1. The Balaban J connectivity index is 2.35. The molecule has 2 aromatic carbocycles. The van der Waals surface area contributed by atoms with Crippen molar-refractivity contribution in [2.75, 3.05) is 14.2 Å². The number of ether oxygens (including phenoxy) is 3. The van der Waals surface area contributed by atoms with Crippen molar-refractivity contribution in [2.24, 2.45) is 0 Å². The van der Waals surface area contributed by atoms with Crippen LogP contribution in [-0.2, 0) is 0 Å². The third-order valence-electron chi connectivity index (χ3n) is 3.10. The van der Waals surface area contributed by atoms with Gasteiger partial charge in [0.05, 0.1) is 19.8 Å². The van der Waals surface area contributed by atoms with Crippen LogP contribution >= 0.6 is 0 Å². The molecule has 2 aromatic rings. The minimum Gasteiger partial charge on any atom is -0.497 e. The normalized spacial score (nSPS) is 9.95. The number of carbonyl (C=O) groups is 2. The van der Waals surface area contributed by atoms with Gasteiger partial charge < -0.3 is 14.2 Å². The van der Waals surface area contributed by atoms with Gasteiger partial charge in [-0.3, -0.25) is 4.79 Å². The second kappa shape index (κ2) is 6.76. The van der Waals surface area contributed by atoms with Crippen LogP contribution in [0.1, 0.15) is 27.6 Å². The summed E-state index contributed by atoms with van der Waals surface area (Å²) in [5.41, 5.74) is 0.568. The van der Waals surface area contributed by atoms with Gasteiger partial charge in [-0.1, -0.05) is 12.1 Å². The van der Waals surface area contributed by atoms with Crippen LogP contribution < -0.4 is 14.2 Å². The van der Waals surface area contributed by atoms with Gasteiger partial charge in [-0.05, 0) is 37.3 Å². The summed E-state index contributed by atoms with van der Waals surface area (Å²) in [6, 6.07) is 11.4. The number of carbonyl (C=O) groups excluding carboxylic acids is 2. The number of benzene rings is 2. The fraction of sp³-hybridized carbons (Fsp3) is 0.176. The molecule has 0 bridgehead atoms. The molecule has 0 aliphatic rings. The van der Waals surface area contributed by atoms with E-state index in [4.69, 9.17) is 14.2 Å². The summed E-state index contributed by atoms with van der Waals surface area (Å²) >= 11 is 0. The summed E-state index contributed by atoms with van der Waals surface area (Å²) in [7, 11) is 2.96. The lowest BCUT2D eigenvalue weighted by Gasteiger charge is -2.11. The quantitative estimate of drug-likeness (QED) is 0.482. The average molecular weight is 300 g/mol. The Morgan fingerprint density at radius 1 is 0.864 bits per heavy atom. The minimum absolute atomic E-state index is 0.180. The van der Waals surface area contributed by atoms with Gasteiger partial charge in [-0.2, -0.15) is 0 Å². The van der Waals surface area contributed by atoms with Crippen LogP contribution in [0.25, 0.3) is 0 Å². The predicted molar refractivity (Wildman–Crippen MR) is 81.0 cm³/mol. The average Bonchev–Trinajstić information content (AvgIpc) is 2.54. The van der Waals surface area contributed by atoms with E-state index in [1.54, 1.807) is 36.4 Å². The fourth-order valence-corrected chi connectivity index (χ4v) is 1.97. The van der Waals surface area contributed by atoms with Crippen molar-refractivity contribution in [2.45, 2.75) is 6.92 Å². The van der Waals surface area contributed by atoms with Crippen molar-refractivity contribution in [3.8, 4) is 17.2 Å². The number of methoxy groups -OCH3 is 2. The highest BCUT2D eigenvalue weighted by Crippen LogP contribution is 2.26. The Kier molecular flexibility index (Phi) is 4.78. The van der Waals surface area contributed by atoms with Crippen LogP contribution in [-0.4, -0.2) is 26.0 Å². The zero-order valence-corrected chi connectivity index (χ0v) is 12.6. The summed E-state index contributed by atoms with van der Waals surface area (Å²) in [4.78, 5) is 23.9. The molecule has 0 spiro atoms. The van der Waals surface area contributed by atoms with E-state index in [1.165, 1.54) is 27.2 Å². The summed E-state index contributed by atoms with van der Waals surface area (Å²) in [5, 5.41) is 0. The van der Waals surface area contributed by atoms with Gasteiger partial charge in [0.1, 0.15) is 22.8 Å². The maximum Gasteiger partial charge on any atom is 0.347 e. The van der Waals surface area contributed by atoms with Gasteiger partial charge in [0.2, 0.25) is 0 Å². The van der Waals surface area contributed by atoms with E-state index in [0.29, 0.717) is 17.1 Å². The third-order valence-corrected chi connectivity index (χ3v) is 3.10. The number of esters is 1. The molecule has 0 heterocycles. The van der Waals surface area contributed by atoms with Crippen molar-refractivity contribution >= 4 is 11.8 Å². The maximum absolute atomic E-state index is 12.4. The van der Waals surface area contributed by atoms with E-state index < -0.39 is 5.97 Å². The zero-order chi connectivity index (χ0) is 16.1. The lowest BCUT2D eigenvalue weighted by Crippen LogP contribution is -2.12. The van der Waals surface area contributed by atoms with Crippen LogP contribution in [0.2, 0.25) is 0 Å². The highest BCUT2D eigenvalue weighted by atomic mass is 16.5. The second-order valence-corrected chi connectivity index (χ2v) is 4.51. The Hall–Kier alpha value is -2.82. The topological polar surface area (TPSA) is 61.8 Å². The summed E-state index contributed by atoms with van der Waals surface area (Å²) in [6.07, 6.45) is 0. The molecule has 0 aromatic heterocycles. The first-order valence-electron chi connectivity index (χ1n) is 6.61. The van der Waals surface area contributed by atoms with Gasteiger partial charge in [-0.15, -0.1) is 0 Å². The molecule has 5 nitrogen and oxygen atoms in total. The van der Waals surface area contributed by atoms with E-state index >= 15 is 0 Å². The number of ketones is 1. The molecule has 0 fully saturated rings. The van der Waals surface area contributed by atoms with Crippen LogP contribution in [0.4, 0.5) is 0 Å². The second-order valence-electron chi connectivity index (χ2n) is 4.51. The molecule has 0 aliphatic carbocycles. The van der Waals surface area contributed by atoms with Gasteiger partial charge in [-0.25, -0.2) is 4.79 Å². The van der Waals surface area contributed by atoms with E-state index in [-0.39, 0.29) is 17.1 Å². The Morgan fingerprint density at radius 3 is 2.23 bits per heavy atom. The molecular formula is C17H16O5. The molecule has 0 radical (unpaired) electrons. The van der Waals surface area contributed by atoms with Crippen LogP contribution in [0.15, 0.2) is 42.5 Å². The van der Waals surface area contributed by atoms with Crippen LogP contribution in [0.5, 0.6) is 17.2 Å². The van der Waals surface area contributed by atoms with Crippen molar-refractivity contribution < 1.29 is 23.8 Å². The molecule has 0 atom stereocenters. The first-order chi connectivity index (χ1) is 10.6. The van der Waals surface area contributed by atoms with Gasteiger partial charge >= 0.3 is 5.97 Å². The number of hydrogen-bond donors (Lipinski definition) is 0. The van der Waals surface area contributed by atoms with Crippen LogP contribution in [0, 0.1) is 0 Å². The first-order valence-corrected chi connectivity index (χ1v) is 6.61. The molecule has 0 saturated heterocycles. The largest absolute Gasteiger partial charge is 0.497 e. The predicted octanol–water partition coefficient (Wildman–Crippen LogP) is 3.13. The van der Waals surface area contributed by atoms with E-state index in [0.717, 1.165) is 0 Å². The highest BCUT2D eigenvalue weighted by molar-refractivity contribution is 5.99. The van der Waals surface area contributed by atoms with Crippen molar-refractivity contribution in [1.29, 1.82) is 0 Å². The highest BCUT2D eigenvalue weighted by Gasteiger charge is 2.18.